The Labute approximate surface area is 249 Å². The molecule has 5 rings (SSSR count). The molecule has 3 N–H and O–H groups in total. The molecule has 43 heavy (non-hydrogen) atoms. The molecule has 0 radical (unpaired) electrons. The van der Waals surface area contributed by atoms with Gasteiger partial charge in [0.1, 0.15) is 11.8 Å². The number of likely N-dealkylation sites (N-methyl/N-ethyl adjacent to an activating group) is 1. The van der Waals surface area contributed by atoms with Crippen LogP contribution < -0.4 is 15.4 Å². The number of fused-ring (bicyclic) bond motifs is 2. The van der Waals surface area contributed by atoms with Crippen LogP contribution in [0.4, 0.5) is 16.2 Å². The molecule has 0 fully saturated rings. The zero-order chi connectivity index (χ0) is 30.5. The molecule has 0 bridgehead atoms. The van der Waals surface area contributed by atoms with Crippen molar-refractivity contribution in [2.45, 2.75) is 26.0 Å². The normalized spacial score (nSPS) is 17.2. The van der Waals surface area contributed by atoms with Gasteiger partial charge in [-0.3, -0.25) is 14.6 Å². The topological polar surface area (TPSA) is 137 Å². The van der Waals surface area contributed by atoms with E-state index in [0.717, 1.165) is 10.8 Å². The summed E-state index contributed by atoms with van der Waals surface area (Å²) in [4.78, 5) is 51.2. The van der Waals surface area contributed by atoms with Gasteiger partial charge in [0.05, 0.1) is 42.3 Å². The van der Waals surface area contributed by atoms with Gasteiger partial charge in [0.15, 0.2) is 5.75 Å². The average Bonchev–Trinajstić information content (AvgIpc) is 3.03. The summed E-state index contributed by atoms with van der Waals surface area (Å²) in [5.74, 6) is -0.919. The van der Waals surface area contributed by atoms with Crippen LogP contribution in [-0.4, -0.2) is 81.6 Å². The number of carbonyl (C=O) groups excluding carboxylic acids is 3. The molecule has 1 aromatic heterocycles. The van der Waals surface area contributed by atoms with Crippen LogP contribution in [0.2, 0.25) is 0 Å². The Morgan fingerprint density at radius 3 is 2.58 bits per heavy atom. The number of nitrogens with zero attached hydrogens (tertiary/aromatic N) is 4. The Balaban J connectivity index is 1.44. The Morgan fingerprint density at radius 1 is 1.07 bits per heavy atom. The van der Waals surface area contributed by atoms with E-state index in [4.69, 9.17) is 4.74 Å². The lowest BCUT2D eigenvalue weighted by atomic mass is 9.99. The van der Waals surface area contributed by atoms with E-state index in [9.17, 15) is 19.5 Å². The third-order valence-corrected chi connectivity index (χ3v) is 7.57. The largest absolute Gasteiger partial charge is 0.485 e. The molecule has 222 valence electrons. The first kappa shape index (κ1) is 29.5. The maximum absolute atomic E-state index is 13.7. The zero-order valence-corrected chi connectivity index (χ0v) is 24.2. The first-order valence-electron chi connectivity index (χ1n) is 14.1. The number of aliphatic hydroxyl groups is 1. The van der Waals surface area contributed by atoms with Gasteiger partial charge in [0, 0.05) is 37.3 Å². The van der Waals surface area contributed by atoms with E-state index in [1.807, 2.05) is 49.4 Å². The SMILES string of the molecule is C[C@@H]1CN([C@H](C)CO)C(=O)c2cccc(NC(=O)c3cnccn3)c2O[C@@H]1CN(C)C(=O)Nc1cccc2ccccc12. The fourth-order valence-corrected chi connectivity index (χ4v) is 5.06. The molecule has 2 heterocycles. The van der Waals surface area contributed by atoms with Gasteiger partial charge in [-0.15, -0.1) is 0 Å². The molecule has 3 atom stereocenters. The number of hydrogen-bond acceptors (Lipinski definition) is 7. The van der Waals surface area contributed by atoms with Gasteiger partial charge in [-0.25, -0.2) is 9.78 Å². The van der Waals surface area contributed by atoms with Crippen molar-refractivity contribution in [1.29, 1.82) is 0 Å². The minimum absolute atomic E-state index is 0.0996. The summed E-state index contributed by atoms with van der Waals surface area (Å²) in [6, 6.07) is 17.6. The fourth-order valence-electron chi connectivity index (χ4n) is 5.06. The predicted octanol–water partition coefficient (Wildman–Crippen LogP) is 4.27. The van der Waals surface area contributed by atoms with E-state index in [-0.39, 0.29) is 53.7 Å². The van der Waals surface area contributed by atoms with E-state index < -0.39 is 18.1 Å². The maximum atomic E-state index is 13.7. The number of amides is 4. The lowest BCUT2D eigenvalue weighted by Crippen LogP contribution is -2.50. The number of benzene rings is 3. The van der Waals surface area contributed by atoms with E-state index >= 15 is 0 Å². The first-order chi connectivity index (χ1) is 20.8. The van der Waals surface area contributed by atoms with Crippen molar-refractivity contribution in [3.63, 3.8) is 0 Å². The smallest absolute Gasteiger partial charge is 0.321 e. The molecule has 1 aliphatic heterocycles. The highest BCUT2D eigenvalue weighted by molar-refractivity contribution is 6.06. The summed E-state index contributed by atoms with van der Waals surface area (Å²) in [5.41, 5.74) is 1.30. The summed E-state index contributed by atoms with van der Waals surface area (Å²) in [5, 5.41) is 17.7. The van der Waals surface area contributed by atoms with Crippen molar-refractivity contribution < 1.29 is 24.2 Å². The minimum atomic E-state index is -0.571. The lowest BCUT2D eigenvalue weighted by Gasteiger charge is -2.38. The van der Waals surface area contributed by atoms with Crippen LogP contribution in [0, 0.1) is 5.92 Å². The summed E-state index contributed by atoms with van der Waals surface area (Å²) in [7, 11) is 1.68. The number of anilines is 2. The van der Waals surface area contributed by atoms with E-state index in [1.54, 1.807) is 37.1 Å². The Morgan fingerprint density at radius 2 is 1.81 bits per heavy atom. The number of ether oxygens (including phenoxy) is 1. The highest BCUT2D eigenvalue weighted by Gasteiger charge is 2.35. The number of aliphatic hydroxyl groups excluding tert-OH is 1. The van der Waals surface area contributed by atoms with Crippen molar-refractivity contribution in [2.24, 2.45) is 5.92 Å². The average molecular weight is 583 g/mol. The molecule has 4 aromatic rings. The van der Waals surface area contributed by atoms with Crippen LogP contribution >= 0.6 is 0 Å². The number of carbonyl (C=O) groups is 3. The van der Waals surface area contributed by atoms with E-state index in [2.05, 4.69) is 20.6 Å². The highest BCUT2D eigenvalue weighted by Crippen LogP contribution is 2.35. The van der Waals surface area contributed by atoms with Gasteiger partial charge in [-0.2, -0.15) is 0 Å². The van der Waals surface area contributed by atoms with Crippen molar-refractivity contribution in [1.82, 2.24) is 19.8 Å². The zero-order valence-electron chi connectivity index (χ0n) is 24.2. The molecule has 0 spiro atoms. The molecule has 0 saturated carbocycles. The Bertz CT molecular complexity index is 1630. The third kappa shape index (κ3) is 6.41. The molecular formula is C32H34N6O5. The van der Waals surface area contributed by atoms with Crippen LogP contribution in [0.5, 0.6) is 5.75 Å². The minimum Gasteiger partial charge on any atom is -0.485 e. The summed E-state index contributed by atoms with van der Waals surface area (Å²) in [6.45, 7) is 3.94. The molecule has 1 aliphatic rings. The molecule has 0 aliphatic carbocycles. The van der Waals surface area contributed by atoms with Crippen LogP contribution in [0.15, 0.2) is 79.3 Å². The molecule has 0 unspecified atom stereocenters. The second-order valence-corrected chi connectivity index (χ2v) is 10.7. The number of nitrogens with one attached hydrogen (secondary N) is 2. The number of rotatable bonds is 7. The predicted molar refractivity (Wildman–Crippen MR) is 163 cm³/mol. The van der Waals surface area contributed by atoms with Gasteiger partial charge >= 0.3 is 6.03 Å². The third-order valence-electron chi connectivity index (χ3n) is 7.57. The number of aromatic nitrogens is 2. The fraction of sp³-hybridized carbons (Fsp3) is 0.281. The Kier molecular flexibility index (Phi) is 8.82. The van der Waals surface area contributed by atoms with Gasteiger partial charge < -0.3 is 30.3 Å². The molecule has 11 nitrogen and oxygen atoms in total. The van der Waals surface area contributed by atoms with Crippen LogP contribution in [-0.2, 0) is 0 Å². The highest BCUT2D eigenvalue weighted by atomic mass is 16.5. The number of urea groups is 1. The van der Waals surface area contributed by atoms with Crippen LogP contribution in [0.3, 0.4) is 0 Å². The van der Waals surface area contributed by atoms with Crippen molar-refractivity contribution in [3.05, 3.63) is 90.5 Å². The molecule has 4 amide bonds. The lowest BCUT2D eigenvalue weighted by molar-refractivity contribution is 0.0372. The molecule has 3 aromatic carbocycles. The first-order valence-corrected chi connectivity index (χ1v) is 14.1. The van der Waals surface area contributed by atoms with Crippen molar-refractivity contribution >= 4 is 40.0 Å². The van der Waals surface area contributed by atoms with Gasteiger partial charge in [-0.05, 0) is 30.5 Å². The molecule has 11 heteroatoms. The van der Waals surface area contributed by atoms with E-state index in [0.29, 0.717) is 12.2 Å². The second kappa shape index (κ2) is 12.9. The number of para-hydroxylation sites is 1. The second-order valence-electron chi connectivity index (χ2n) is 10.7. The summed E-state index contributed by atoms with van der Waals surface area (Å²) < 4.78 is 6.51. The van der Waals surface area contributed by atoms with Crippen molar-refractivity contribution in [3.8, 4) is 5.75 Å². The van der Waals surface area contributed by atoms with Gasteiger partial charge in [0.2, 0.25) is 0 Å². The van der Waals surface area contributed by atoms with E-state index in [1.165, 1.54) is 23.5 Å². The molecule has 0 saturated heterocycles. The Hall–Kier alpha value is -5.03. The van der Waals surface area contributed by atoms with Crippen LogP contribution in [0.1, 0.15) is 34.7 Å². The number of hydrogen-bond donors (Lipinski definition) is 3. The monoisotopic (exact) mass is 582 g/mol. The van der Waals surface area contributed by atoms with Gasteiger partial charge in [0.25, 0.3) is 11.8 Å². The summed E-state index contributed by atoms with van der Waals surface area (Å²) >= 11 is 0. The molecular weight excluding hydrogens is 548 g/mol. The van der Waals surface area contributed by atoms with Crippen molar-refractivity contribution in [2.75, 3.05) is 37.4 Å². The maximum Gasteiger partial charge on any atom is 0.321 e. The summed E-state index contributed by atoms with van der Waals surface area (Å²) in [6.07, 6.45) is 3.65. The quantitative estimate of drug-likeness (QED) is 0.296. The standard InChI is InChI=1S/C32H34N6O5/c1-20-17-38(21(2)19-39)31(41)24-11-7-13-26(35-30(40)27-16-33-14-15-34-27)29(24)43-28(20)18-37(3)32(42)36-25-12-6-9-22-8-4-5-10-23(22)25/h4-16,20-21,28,39H,17-19H2,1-3H3,(H,35,40)(H,36,42)/t20-,21-,28-/m1/s1. The van der Waals surface area contributed by atoms with Crippen LogP contribution in [0.25, 0.3) is 10.8 Å². The van der Waals surface area contributed by atoms with Gasteiger partial charge in [-0.1, -0.05) is 49.4 Å².